The first-order valence-electron chi connectivity index (χ1n) is 13.1. The van der Waals surface area contributed by atoms with Gasteiger partial charge in [-0.25, -0.2) is 0 Å². The van der Waals surface area contributed by atoms with E-state index in [2.05, 4.69) is 24.8 Å². The van der Waals surface area contributed by atoms with Crippen molar-refractivity contribution in [1.29, 1.82) is 0 Å². The van der Waals surface area contributed by atoms with Crippen molar-refractivity contribution in [2.45, 2.75) is 58.5 Å². The van der Waals surface area contributed by atoms with Gasteiger partial charge in [-0.05, 0) is 60.7 Å². The lowest BCUT2D eigenvalue weighted by Gasteiger charge is -2.58. The second-order valence-electron chi connectivity index (χ2n) is 11.8. The van der Waals surface area contributed by atoms with E-state index in [4.69, 9.17) is 4.74 Å². The van der Waals surface area contributed by atoms with Gasteiger partial charge in [0.15, 0.2) is 0 Å². The Labute approximate surface area is 207 Å². The van der Waals surface area contributed by atoms with Gasteiger partial charge >= 0.3 is 0 Å². The fraction of sp³-hybridized carbons (Fsp3) is 0.815. The molecule has 0 amide bonds. The van der Waals surface area contributed by atoms with E-state index in [9.17, 15) is 19.5 Å². The van der Waals surface area contributed by atoms with Gasteiger partial charge in [0, 0.05) is 31.3 Å². The fourth-order valence-corrected chi connectivity index (χ4v) is 9.16. The van der Waals surface area contributed by atoms with Crippen molar-refractivity contribution in [3.05, 3.63) is 12.2 Å². The summed E-state index contributed by atoms with van der Waals surface area (Å²) in [6.07, 6.45) is 8.76. The highest BCUT2D eigenvalue weighted by Crippen LogP contribution is 2.65. The van der Waals surface area contributed by atoms with Gasteiger partial charge in [0.25, 0.3) is 0 Å². The molecule has 8 atom stereocenters. The number of ether oxygens (including phenoxy) is 1. The van der Waals surface area contributed by atoms with Crippen LogP contribution in [0.25, 0.3) is 0 Å². The van der Waals surface area contributed by atoms with Gasteiger partial charge in [-0.15, -0.1) is 0 Å². The van der Waals surface area contributed by atoms with Gasteiger partial charge in [0.2, 0.25) is 5.12 Å². The molecule has 1 saturated heterocycles. The van der Waals surface area contributed by atoms with E-state index < -0.39 is 6.10 Å². The van der Waals surface area contributed by atoms with Gasteiger partial charge in [-0.2, -0.15) is 0 Å². The number of Topliss-reactive ketones (excluding diaryl/α,β-unsaturated/α-hetero) is 2. The molecule has 4 fully saturated rings. The summed E-state index contributed by atoms with van der Waals surface area (Å²) in [6, 6.07) is 0. The van der Waals surface area contributed by atoms with Crippen molar-refractivity contribution in [1.82, 2.24) is 4.90 Å². The molecule has 1 N–H and O–H groups in total. The van der Waals surface area contributed by atoms with Crippen LogP contribution in [0.2, 0.25) is 0 Å². The lowest BCUT2D eigenvalue weighted by Crippen LogP contribution is -2.57. The van der Waals surface area contributed by atoms with E-state index in [1.807, 2.05) is 6.08 Å². The number of fused-ring (bicyclic) bond motifs is 5. The number of rotatable bonds is 5. The Bertz CT molecular complexity index is 869. The van der Waals surface area contributed by atoms with Gasteiger partial charge in [-0.1, -0.05) is 37.8 Å². The Kier molecular flexibility index (Phi) is 6.86. The van der Waals surface area contributed by atoms with Crippen molar-refractivity contribution in [3.63, 3.8) is 0 Å². The third-order valence-corrected chi connectivity index (χ3v) is 11.0. The SMILES string of the molecule is C[C@]12C=C[C@@H](O)C[C@@H]1CC[C@@H]1[C@@H]2C(=O)C[C@]2(C)[C@@H](C(=O)CSC(=O)CN3CCOCC3)CC[C@@H]12. The van der Waals surface area contributed by atoms with Crippen LogP contribution in [0, 0.1) is 40.4 Å². The van der Waals surface area contributed by atoms with E-state index in [0.29, 0.717) is 49.7 Å². The fourth-order valence-electron chi connectivity index (χ4n) is 8.38. The number of aliphatic hydroxyl groups is 1. The summed E-state index contributed by atoms with van der Waals surface area (Å²) in [5.74, 6) is 1.63. The number of aliphatic hydroxyl groups excluding tert-OH is 1. The van der Waals surface area contributed by atoms with Crippen molar-refractivity contribution < 1.29 is 24.2 Å². The van der Waals surface area contributed by atoms with E-state index in [1.165, 1.54) is 0 Å². The normalized spacial score (nSPS) is 44.3. The number of nitrogens with zero attached hydrogens (tertiary/aromatic N) is 1. The Balaban J connectivity index is 1.25. The largest absolute Gasteiger partial charge is 0.389 e. The Morgan fingerprint density at radius 2 is 1.94 bits per heavy atom. The molecule has 188 valence electrons. The molecular weight excluding hydrogens is 450 g/mol. The third kappa shape index (κ3) is 4.25. The summed E-state index contributed by atoms with van der Waals surface area (Å²) < 4.78 is 5.34. The van der Waals surface area contributed by atoms with Crippen molar-refractivity contribution >= 4 is 28.4 Å². The highest BCUT2D eigenvalue weighted by molar-refractivity contribution is 8.14. The minimum atomic E-state index is -0.393. The van der Waals surface area contributed by atoms with Gasteiger partial charge in [0.1, 0.15) is 11.6 Å². The Hall–Kier alpha value is -1.02. The summed E-state index contributed by atoms with van der Waals surface area (Å²) in [4.78, 5) is 41.6. The first kappa shape index (κ1) is 24.7. The zero-order chi connectivity index (χ0) is 24.1. The molecule has 34 heavy (non-hydrogen) atoms. The van der Waals surface area contributed by atoms with Crippen LogP contribution in [-0.4, -0.2) is 71.4 Å². The predicted molar refractivity (Wildman–Crippen MR) is 131 cm³/mol. The van der Waals surface area contributed by atoms with Crippen LogP contribution in [0.15, 0.2) is 12.2 Å². The highest BCUT2D eigenvalue weighted by atomic mass is 32.2. The van der Waals surface area contributed by atoms with Crippen LogP contribution in [0.1, 0.15) is 52.4 Å². The number of allylic oxidation sites excluding steroid dienone is 1. The lowest BCUT2D eigenvalue weighted by molar-refractivity contribution is -0.152. The highest BCUT2D eigenvalue weighted by Gasteiger charge is 2.63. The molecule has 7 heteroatoms. The van der Waals surface area contributed by atoms with Gasteiger partial charge < -0.3 is 9.84 Å². The van der Waals surface area contributed by atoms with Crippen molar-refractivity contribution in [3.8, 4) is 0 Å². The number of ketones is 2. The van der Waals surface area contributed by atoms with E-state index in [1.54, 1.807) is 0 Å². The minimum absolute atomic E-state index is 0.00593. The van der Waals surface area contributed by atoms with Crippen molar-refractivity contribution in [2.24, 2.45) is 40.4 Å². The van der Waals surface area contributed by atoms with E-state index in [-0.39, 0.29) is 39.3 Å². The summed E-state index contributed by atoms with van der Waals surface area (Å²) in [7, 11) is 0. The number of hydrogen-bond donors (Lipinski definition) is 1. The first-order chi connectivity index (χ1) is 16.2. The van der Waals surface area contributed by atoms with Crippen LogP contribution in [-0.2, 0) is 19.1 Å². The molecule has 5 aliphatic rings. The molecule has 0 spiro atoms. The number of thioether (sulfide) groups is 1. The Morgan fingerprint density at radius 3 is 2.71 bits per heavy atom. The summed E-state index contributed by atoms with van der Waals surface area (Å²) in [5, 5.41) is 10.2. The molecule has 5 rings (SSSR count). The number of morpholine rings is 1. The second-order valence-corrected chi connectivity index (χ2v) is 12.9. The third-order valence-electron chi connectivity index (χ3n) is 10.1. The molecule has 0 unspecified atom stereocenters. The molecule has 1 aliphatic heterocycles. The van der Waals surface area contributed by atoms with Crippen molar-refractivity contribution in [2.75, 3.05) is 38.6 Å². The molecule has 0 aromatic rings. The minimum Gasteiger partial charge on any atom is -0.389 e. The van der Waals surface area contributed by atoms with Crippen LogP contribution in [0.3, 0.4) is 0 Å². The standard InChI is InChI=1S/C27H39NO5S/c1-26-8-7-18(29)13-17(26)3-4-19-20-5-6-21(27(20,2)14-22(30)25(19)26)23(31)16-34-24(32)15-28-9-11-33-12-10-28/h7-8,17-21,25,29H,3-6,9-16H2,1-2H3/t17-,18+,19-,20-,21+,25+,26-,27-/m0/s1. The molecule has 0 radical (unpaired) electrons. The quantitative estimate of drug-likeness (QED) is 0.594. The Morgan fingerprint density at radius 1 is 1.18 bits per heavy atom. The van der Waals surface area contributed by atoms with E-state index in [0.717, 1.165) is 57.0 Å². The zero-order valence-corrected chi connectivity index (χ0v) is 21.4. The van der Waals surface area contributed by atoms with Crippen LogP contribution < -0.4 is 0 Å². The molecule has 0 aromatic carbocycles. The molecule has 1 heterocycles. The number of carbonyl (C=O) groups is 3. The molecule has 0 bridgehead atoms. The number of hydrogen-bond acceptors (Lipinski definition) is 7. The van der Waals surface area contributed by atoms with Crippen LogP contribution in [0.5, 0.6) is 0 Å². The molecular formula is C27H39NO5S. The molecule has 4 aliphatic carbocycles. The predicted octanol–water partition coefficient (Wildman–Crippen LogP) is 3.12. The van der Waals surface area contributed by atoms with E-state index >= 15 is 0 Å². The van der Waals surface area contributed by atoms with Crippen LogP contribution in [0.4, 0.5) is 0 Å². The average Bonchev–Trinajstić information content (AvgIpc) is 3.15. The smallest absolute Gasteiger partial charge is 0.203 e. The number of carbonyl (C=O) groups excluding carboxylic acids is 3. The zero-order valence-electron chi connectivity index (χ0n) is 20.5. The van der Waals surface area contributed by atoms with Crippen LogP contribution >= 0.6 is 11.8 Å². The maximum absolute atomic E-state index is 13.7. The maximum atomic E-state index is 13.7. The van der Waals surface area contributed by atoms with Gasteiger partial charge in [0.05, 0.1) is 31.6 Å². The maximum Gasteiger partial charge on any atom is 0.203 e. The lowest BCUT2D eigenvalue weighted by atomic mass is 9.45. The average molecular weight is 490 g/mol. The summed E-state index contributed by atoms with van der Waals surface area (Å²) in [5.41, 5.74) is -0.464. The van der Waals surface area contributed by atoms with Gasteiger partial charge in [-0.3, -0.25) is 19.3 Å². The first-order valence-corrected chi connectivity index (χ1v) is 14.1. The monoisotopic (exact) mass is 489 g/mol. The summed E-state index contributed by atoms with van der Waals surface area (Å²) >= 11 is 1.15. The molecule has 3 saturated carbocycles. The molecule has 6 nitrogen and oxygen atoms in total. The summed E-state index contributed by atoms with van der Waals surface area (Å²) in [6.45, 7) is 7.62. The second kappa shape index (κ2) is 9.45. The topological polar surface area (TPSA) is 83.9 Å². The molecule has 0 aromatic heterocycles.